The lowest BCUT2D eigenvalue weighted by Crippen LogP contribution is -2.44. The van der Waals surface area contributed by atoms with Crippen molar-refractivity contribution >= 4 is 37.9 Å². The van der Waals surface area contributed by atoms with Crippen molar-refractivity contribution in [2.24, 2.45) is 0 Å². The van der Waals surface area contributed by atoms with Crippen molar-refractivity contribution < 1.29 is 17.9 Å². The van der Waals surface area contributed by atoms with Gasteiger partial charge in [0.25, 0.3) is 0 Å². The zero-order chi connectivity index (χ0) is 23.7. The van der Waals surface area contributed by atoms with Gasteiger partial charge in [0.15, 0.2) is 0 Å². The highest BCUT2D eigenvalue weighted by atomic mass is 79.9. The molecule has 0 saturated heterocycles. The summed E-state index contributed by atoms with van der Waals surface area (Å²) in [4.78, 5) is 12.5. The summed E-state index contributed by atoms with van der Waals surface area (Å²) < 4.78 is 34.5. The molecule has 0 fully saturated rings. The van der Waals surface area contributed by atoms with Gasteiger partial charge in [-0.15, -0.1) is 0 Å². The molecule has 1 atom stereocenters. The minimum atomic E-state index is -3.76. The monoisotopic (exact) mass is 528 g/mol. The van der Waals surface area contributed by atoms with Gasteiger partial charge in [0.05, 0.1) is 12.0 Å². The third-order valence-corrected chi connectivity index (χ3v) is 6.88. The van der Waals surface area contributed by atoms with E-state index in [0.29, 0.717) is 12.2 Å². The second-order valence-electron chi connectivity index (χ2n) is 7.32. The Morgan fingerprint density at radius 1 is 1.03 bits per heavy atom. The van der Waals surface area contributed by atoms with Crippen LogP contribution in [-0.2, 0) is 21.2 Å². The van der Waals surface area contributed by atoms with Crippen molar-refractivity contribution in [3.63, 3.8) is 0 Å². The topological polar surface area (TPSA) is 84.5 Å². The van der Waals surface area contributed by atoms with Gasteiger partial charge in [-0.25, -0.2) is 13.1 Å². The Kier molecular flexibility index (Phi) is 8.82. The summed E-state index contributed by atoms with van der Waals surface area (Å²) in [6, 6.07) is 22.7. The van der Waals surface area contributed by atoms with E-state index < -0.39 is 16.1 Å². The van der Waals surface area contributed by atoms with E-state index in [1.54, 1.807) is 25.3 Å². The van der Waals surface area contributed by atoms with Crippen molar-refractivity contribution in [2.45, 2.75) is 17.4 Å². The van der Waals surface area contributed by atoms with E-state index >= 15 is 0 Å². The SMILES string of the molecule is COc1cccc(/C=C/C(=O)NC[C@H](Cc2ccccc2)NS(=O)(=O)c2ccc(Br)cc2)c1. The van der Waals surface area contributed by atoms with Gasteiger partial charge in [-0.05, 0) is 60.0 Å². The summed E-state index contributed by atoms with van der Waals surface area (Å²) in [5, 5.41) is 2.79. The number of sulfonamides is 1. The average molecular weight is 529 g/mol. The molecule has 0 unspecified atom stereocenters. The Morgan fingerprint density at radius 2 is 1.76 bits per heavy atom. The zero-order valence-corrected chi connectivity index (χ0v) is 20.5. The van der Waals surface area contributed by atoms with Crippen molar-refractivity contribution in [1.29, 1.82) is 0 Å². The fourth-order valence-corrected chi connectivity index (χ4v) is 4.66. The van der Waals surface area contributed by atoms with Crippen LogP contribution in [0, 0.1) is 0 Å². The molecule has 8 heteroatoms. The number of nitrogens with one attached hydrogen (secondary N) is 2. The molecule has 3 rings (SSSR count). The van der Waals surface area contributed by atoms with Crippen molar-refractivity contribution in [1.82, 2.24) is 10.0 Å². The van der Waals surface area contributed by atoms with Gasteiger partial charge in [0.2, 0.25) is 15.9 Å². The van der Waals surface area contributed by atoms with Gasteiger partial charge in [0.1, 0.15) is 5.75 Å². The number of hydrogen-bond donors (Lipinski definition) is 2. The standard InChI is InChI=1S/C25H25BrN2O4S/c1-32-23-9-5-8-20(17-23)10-15-25(29)27-18-22(16-19-6-3-2-4-7-19)28-33(30,31)24-13-11-21(26)12-14-24/h2-15,17,22,28H,16,18H2,1H3,(H,27,29)/b15-10+/t22-/m0/s1. The maximum absolute atomic E-state index is 12.9. The smallest absolute Gasteiger partial charge is 0.244 e. The number of carbonyl (C=O) groups is 1. The zero-order valence-electron chi connectivity index (χ0n) is 18.1. The van der Waals surface area contributed by atoms with Gasteiger partial charge >= 0.3 is 0 Å². The van der Waals surface area contributed by atoms with E-state index in [1.807, 2.05) is 54.6 Å². The van der Waals surface area contributed by atoms with Crippen LogP contribution in [-0.4, -0.2) is 34.0 Å². The fourth-order valence-electron chi connectivity index (χ4n) is 3.16. The van der Waals surface area contributed by atoms with E-state index in [-0.39, 0.29) is 17.3 Å². The Labute approximate surface area is 202 Å². The lowest BCUT2D eigenvalue weighted by atomic mass is 10.1. The van der Waals surface area contributed by atoms with Crippen molar-refractivity contribution in [3.8, 4) is 5.75 Å². The summed E-state index contributed by atoms with van der Waals surface area (Å²) in [5.74, 6) is 0.376. The summed E-state index contributed by atoms with van der Waals surface area (Å²) in [7, 11) is -2.18. The maximum Gasteiger partial charge on any atom is 0.244 e. The van der Waals surface area contributed by atoms with E-state index in [9.17, 15) is 13.2 Å². The molecular formula is C25H25BrN2O4S. The molecule has 0 bridgehead atoms. The van der Waals surface area contributed by atoms with Gasteiger partial charge in [-0.1, -0.05) is 58.4 Å². The Balaban J connectivity index is 1.69. The molecule has 1 amide bonds. The maximum atomic E-state index is 12.9. The second-order valence-corrected chi connectivity index (χ2v) is 9.95. The van der Waals surface area contributed by atoms with Crippen LogP contribution in [0.2, 0.25) is 0 Å². The van der Waals surface area contributed by atoms with Gasteiger partial charge in [-0.3, -0.25) is 4.79 Å². The molecule has 0 spiro atoms. The molecule has 0 aliphatic carbocycles. The molecule has 3 aromatic carbocycles. The molecule has 0 aliphatic heterocycles. The number of halogens is 1. The van der Waals surface area contributed by atoms with E-state index in [0.717, 1.165) is 15.6 Å². The van der Waals surface area contributed by atoms with Gasteiger partial charge < -0.3 is 10.1 Å². The molecule has 172 valence electrons. The number of carbonyl (C=O) groups excluding carboxylic acids is 1. The number of amides is 1. The van der Waals surface area contributed by atoms with Gasteiger partial charge in [-0.2, -0.15) is 0 Å². The quantitative estimate of drug-likeness (QED) is 0.386. The molecule has 33 heavy (non-hydrogen) atoms. The first-order valence-electron chi connectivity index (χ1n) is 10.3. The first-order chi connectivity index (χ1) is 15.9. The predicted octanol–water partition coefficient (Wildman–Crippen LogP) is 4.18. The third kappa shape index (κ3) is 7.85. The molecule has 0 saturated carbocycles. The highest BCUT2D eigenvalue weighted by Crippen LogP contribution is 2.16. The molecule has 0 radical (unpaired) electrons. The minimum absolute atomic E-state index is 0.131. The van der Waals surface area contributed by atoms with Crippen LogP contribution >= 0.6 is 15.9 Å². The van der Waals surface area contributed by atoms with E-state index in [4.69, 9.17) is 4.74 Å². The first kappa shape index (κ1) is 24.7. The highest BCUT2D eigenvalue weighted by molar-refractivity contribution is 9.10. The van der Waals surface area contributed by atoms with Crippen LogP contribution in [0.25, 0.3) is 6.08 Å². The molecule has 3 aromatic rings. The minimum Gasteiger partial charge on any atom is -0.497 e. The molecule has 0 heterocycles. The van der Waals surface area contributed by atoms with Crippen LogP contribution in [0.4, 0.5) is 0 Å². The largest absolute Gasteiger partial charge is 0.497 e. The fraction of sp³-hybridized carbons (Fsp3) is 0.160. The van der Waals surface area contributed by atoms with E-state index in [2.05, 4.69) is 26.0 Å². The second kappa shape index (κ2) is 11.8. The summed E-state index contributed by atoms with van der Waals surface area (Å²) in [5.41, 5.74) is 1.78. The first-order valence-corrected chi connectivity index (χ1v) is 12.5. The lowest BCUT2D eigenvalue weighted by Gasteiger charge is -2.19. The lowest BCUT2D eigenvalue weighted by molar-refractivity contribution is -0.116. The normalized spacial score (nSPS) is 12.4. The number of ether oxygens (including phenoxy) is 1. The van der Waals surface area contributed by atoms with Crippen molar-refractivity contribution in [3.05, 3.63) is 101 Å². The molecule has 2 N–H and O–H groups in total. The Bertz CT molecular complexity index is 1200. The van der Waals surface area contributed by atoms with Crippen LogP contribution in [0.3, 0.4) is 0 Å². The van der Waals surface area contributed by atoms with Gasteiger partial charge in [0, 0.05) is 23.1 Å². The third-order valence-electron chi connectivity index (χ3n) is 4.81. The molecule has 6 nitrogen and oxygen atoms in total. The van der Waals surface area contributed by atoms with E-state index in [1.165, 1.54) is 18.2 Å². The molecule has 0 aromatic heterocycles. The highest BCUT2D eigenvalue weighted by Gasteiger charge is 2.21. The number of rotatable bonds is 10. The van der Waals surface area contributed by atoms with Crippen molar-refractivity contribution in [2.75, 3.05) is 13.7 Å². The molecular weight excluding hydrogens is 504 g/mol. The van der Waals surface area contributed by atoms with Crippen LogP contribution in [0.15, 0.2) is 94.3 Å². The van der Waals surface area contributed by atoms with Crippen LogP contribution in [0.5, 0.6) is 5.75 Å². The number of benzene rings is 3. The molecule has 0 aliphatic rings. The average Bonchev–Trinajstić information content (AvgIpc) is 2.82. The predicted molar refractivity (Wildman–Crippen MR) is 133 cm³/mol. The Hall–Kier alpha value is -2.94. The van der Waals surface area contributed by atoms with Crippen LogP contribution < -0.4 is 14.8 Å². The van der Waals surface area contributed by atoms with Crippen LogP contribution in [0.1, 0.15) is 11.1 Å². The number of methoxy groups -OCH3 is 1. The summed E-state index contributed by atoms with van der Waals surface area (Å²) in [6.45, 7) is 0.131. The summed E-state index contributed by atoms with van der Waals surface area (Å²) >= 11 is 3.31. The number of hydrogen-bond acceptors (Lipinski definition) is 4. The summed E-state index contributed by atoms with van der Waals surface area (Å²) in [6.07, 6.45) is 3.52. The Morgan fingerprint density at radius 3 is 2.45 bits per heavy atom.